The van der Waals surface area contributed by atoms with Crippen LogP contribution in [0.2, 0.25) is 5.02 Å². The lowest BCUT2D eigenvalue weighted by Crippen LogP contribution is -2.39. The van der Waals surface area contributed by atoms with Crippen molar-refractivity contribution >= 4 is 41.5 Å². The summed E-state index contributed by atoms with van der Waals surface area (Å²) in [4.78, 5) is 4.41. The number of benzene rings is 2. The Bertz CT molecular complexity index is 654. The van der Waals surface area contributed by atoms with E-state index in [0.29, 0.717) is 24.1 Å². The van der Waals surface area contributed by atoms with Crippen LogP contribution in [0, 0.1) is 0 Å². The highest BCUT2D eigenvalue weighted by Crippen LogP contribution is 2.16. The average Bonchev–Trinajstić information content (AvgIpc) is 2.64. The van der Waals surface area contributed by atoms with Crippen LogP contribution in [0.1, 0.15) is 18.6 Å². The van der Waals surface area contributed by atoms with Gasteiger partial charge in [0.2, 0.25) is 0 Å². The maximum Gasteiger partial charge on any atom is 0.191 e. The minimum atomic E-state index is -0.673. The van der Waals surface area contributed by atoms with Gasteiger partial charge in [0.15, 0.2) is 5.96 Å². The molecule has 2 aromatic carbocycles. The molecular formula is C19H25ClIN3O2. The molecule has 2 rings (SSSR count). The number of nitrogens with one attached hydrogen (secondary N) is 2. The van der Waals surface area contributed by atoms with Crippen molar-refractivity contribution in [2.24, 2.45) is 4.99 Å². The summed E-state index contributed by atoms with van der Waals surface area (Å²) in [5.74, 6) is 1.48. The van der Waals surface area contributed by atoms with Crippen LogP contribution >= 0.6 is 35.6 Å². The minimum Gasteiger partial charge on any atom is -0.492 e. The summed E-state index contributed by atoms with van der Waals surface area (Å²) < 4.78 is 5.63. The number of para-hydroxylation sites is 1. The molecule has 0 radical (unpaired) electrons. The number of ether oxygens (including phenoxy) is 1. The second-order valence-corrected chi connectivity index (χ2v) is 5.81. The normalized spacial score (nSPS) is 12.0. The smallest absolute Gasteiger partial charge is 0.191 e. The third-order valence-corrected chi connectivity index (χ3v) is 3.68. The molecule has 0 aliphatic carbocycles. The van der Waals surface area contributed by atoms with Crippen LogP contribution in [0.15, 0.2) is 59.6 Å². The first-order valence-corrected chi connectivity index (χ1v) is 8.70. The van der Waals surface area contributed by atoms with E-state index in [1.807, 2.05) is 37.3 Å². The van der Waals surface area contributed by atoms with Crippen molar-refractivity contribution in [2.75, 3.05) is 26.2 Å². The van der Waals surface area contributed by atoms with Crippen LogP contribution in [0.5, 0.6) is 5.75 Å². The fraction of sp³-hybridized carbons (Fsp3) is 0.316. The van der Waals surface area contributed by atoms with E-state index in [1.54, 1.807) is 24.3 Å². The predicted molar refractivity (Wildman–Crippen MR) is 118 cm³/mol. The fourth-order valence-electron chi connectivity index (χ4n) is 2.16. The van der Waals surface area contributed by atoms with Gasteiger partial charge in [-0.1, -0.05) is 41.9 Å². The molecule has 0 fully saturated rings. The Kier molecular flexibility index (Phi) is 11.1. The largest absolute Gasteiger partial charge is 0.492 e. The molecule has 2 aromatic rings. The molecule has 26 heavy (non-hydrogen) atoms. The number of aliphatic imine (C=N–C) groups is 1. The van der Waals surface area contributed by atoms with Gasteiger partial charge >= 0.3 is 0 Å². The average molecular weight is 490 g/mol. The van der Waals surface area contributed by atoms with Crippen LogP contribution in [-0.4, -0.2) is 37.3 Å². The van der Waals surface area contributed by atoms with E-state index in [0.717, 1.165) is 17.9 Å². The molecule has 0 aromatic heterocycles. The quantitative estimate of drug-likeness (QED) is 0.229. The Balaban J connectivity index is 0.00000338. The maximum atomic E-state index is 10.2. The number of aliphatic hydroxyl groups excluding tert-OH is 1. The van der Waals surface area contributed by atoms with Gasteiger partial charge in [0.05, 0.1) is 19.2 Å². The summed E-state index contributed by atoms with van der Waals surface area (Å²) in [6, 6.07) is 16.8. The van der Waals surface area contributed by atoms with E-state index in [2.05, 4.69) is 15.6 Å². The summed E-state index contributed by atoms with van der Waals surface area (Å²) in [6.07, 6.45) is -0.673. The van der Waals surface area contributed by atoms with Gasteiger partial charge in [-0.3, -0.25) is 4.99 Å². The van der Waals surface area contributed by atoms with Crippen molar-refractivity contribution in [3.8, 4) is 5.75 Å². The molecule has 1 atom stereocenters. The van der Waals surface area contributed by atoms with Crippen molar-refractivity contribution in [1.82, 2.24) is 10.6 Å². The molecule has 7 heteroatoms. The molecule has 1 unspecified atom stereocenters. The SMILES string of the molecule is CCNC(=NCC(O)c1ccc(Cl)cc1)NCCOc1ccccc1.I. The number of hydrogen-bond donors (Lipinski definition) is 3. The second-order valence-electron chi connectivity index (χ2n) is 5.38. The molecule has 0 aliphatic heterocycles. The molecule has 0 saturated heterocycles. The molecule has 0 aliphatic rings. The van der Waals surface area contributed by atoms with Gasteiger partial charge in [0.25, 0.3) is 0 Å². The molecule has 0 saturated carbocycles. The third-order valence-electron chi connectivity index (χ3n) is 3.43. The van der Waals surface area contributed by atoms with E-state index in [9.17, 15) is 5.11 Å². The molecule has 0 spiro atoms. The van der Waals surface area contributed by atoms with Crippen LogP contribution < -0.4 is 15.4 Å². The Labute approximate surface area is 176 Å². The van der Waals surface area contributed by atoms with Gasteiger partial charge < -0.3 is 20.5 Å². The number of guanidine groups is 1. The highest BCUT2D eigenvalue weighted by molar-refractivity contribution is 14.0. The summed E-state index contributed by atoms with van der Waals surface area (Å²) >= 11 is 5.86. The van der Waals surface area contributed by atoms with E-state index in [1.165, 1.54) is 0 Å². The summed E-state index contributed by atoms with van der Waals surface area (Å²) in [6.45, 7) is 4.12. The minimum absolute atomic E-state index is 0. The van der Waals surface area contributed by atoms with Crippen LogP contribution in [-0.2, 0) is 0 Å². The highest BCUT2D eigenvalue weighted by Gasteiger charge is 2.07. The molecule has 0 heterocycles. The lowest BCUT2D eigenvalue weighted by atomic mass is 10.1. The Morgan fingerprint density at radius 3 is 2.46 bits per heavy atom. The zero-order valence-corrected chi connectivity index (χ0v) is 17.8. The van der Waals surface area contributed by atoms with Crippen molar-refractivity contribution in [3.63, 3.8) is 0 Å². The van der Waals surface area contributed by atoms with Crippen molar-refractivity contribution < 1.29 is 9.84 Å². The lowest BCUT2D eigenvalue weighted by Gasteiger charge is -2.14. The van der Waals surface area contributed by atoms with Gasteiger partial charge in [-0.2, -0.15) is 0 Å². The second kappa shape index (κ2) is 12.8. The Morgan fingerprint density at radius 2 is 1.81 bits per heavy atom. The first-order valence-electron chi connectivity index (χ1n) is 8.32. The summed E-state index contributed by atoms with van der Waals surface area (Å²) in [5, 5.41) is 17.2. The monoisotopic (exact) mass is 489 g/mol. The van der Waals surface area contributed by atoms with Gasteiger partial charge in [-0.05, 0) is 36.8 Å². The number of rotatable bonds is 8. The van der Waals surface area contributed by atoms with E-state index in [-0.39, 0.29) is 30.5 Å². The Morgan fingerprint density at radius 1 is 1.12 bits per heavy atom. The van der Waals surface area contributed by atoms with Crippen molar-refractivity contribution in [2.45, 2.75) is 13.0 Å². The fourth-order valence-corrected chi connectivity index (χ4v) is 2.29. The lowest BCUT2D eigenvalue weighted by molar-refractivity contribution is 0.187. The summed E-state index contributed by atoms with van der Waals surface area (Å²) in [7, 11) is 0. The predicted octanol–water partition coefficient (Wildman–Crippen LogP) is 3.63. The van der Waals surface area contributed by atoms with E-state index in [4.69, 9.17) is 16.3 Å². The first-order chi connectivity index (χ1) is 12.2. The van der Waals surface area contributed by atoms with Crippen molar-refractivity contribution in [1.29, 1.82) is 0 Å². The Hall–Kier alpha value is -1.51. The van der Waals surface area contributed by atoms with Crippen molar-refractivity contribution in [3.05, 3.63) is 65.2 Å². The first kappa shape index (κ1) is 22.5. The molecule has 0 bridgehead atoms. The van der Waals surface area contributed by atoms with Gasteiger partial charge in [-0.25, -0.2) is 0 Å². The number of hydrogen-bond acceptors (Lipinski definition) is 3. The maximum absolute atomic E-state index is 10.2. The number of halogens is 2. The summed E-state index contributed by atoms with van der Waals surface area (Å²) in [5.41, 5.74) is 0.788. The molecule has 0 amide bonds. The topological polar surface area (TPSA) is 65.9 Å². The molecular weight excluding hydrogens is 465 g/mol. The van der Waals surface area contributed by atoms with E-state index < -0.39 is 6.10 Å². The van der Waals surface area contributed by atoms with Gasteiger partial charge in [0, 0.05) is 11.6 Å². The number of nitrogens with zero attached hydrogens (tertiary/aromatic N) is 1. The highest BCUT2D eigenvalue weighted by atomic mass is 127. The van der Waals surface area contributed by atoms with Gasteiger partial charge in [-0.15, -0.1) is 24.0 Å². The molecule has 142 valence electrons. The van der Waals surface area contributed by atoms with E-state index >= 15 is 0 Å². The zero-order chi connectivity index (χ0) is 17.9. The molecule has 3 N–H and O–H groups in total. The van der Waals surface area contributed by atoms with Crippen LogP contribution in [0.4, 0.5) is 0 Å². The number of aliphatic hydroxyl groups is 1. The van der Waals surface area contributed by atoms with Gasteiger partial charge in [0.1, 0.15) is 12.4 Å². The van der Waals surface area contributed by atoms with Crippen LogP contribution in [0.3, 0.4) is 0 Å². The zero-order valence-electron chi connectivity index (χ0n) is 14.7. The van der Waals surface area contributed by atoms with Crippen LogP contribution in [0.25, 0.3) is 0 Å². The standard InChI is InChI=1S/C19H24ClN3O2.HI/c1-2-21-19(22-12-13-25-17-6-4-3-5-7-17)23-14-18(24)15-8-10-16(20)11-9-15;/h3-11,18,24H,2,12-14H2,1H3,(H2,21,22,23);1H. The molecule has 5 nitrogen and oxygen atoms in total. The third kappa shape index (κ3) is 8.25.